The van der Waals surface area contributed by atoms with Crippen molar-refractivity contribution in [2.24, 2.45) is 0 Å². The summed E-state index contributed by atoms with van der Waals surface area (Å²) in [5.74, 6) is 0.563. The molecule has 0 bridgehead atoms. The van der Waals surface area contributed by atoms with Crippen LogP contribution in [-0.4, -0.2) is 10.9 Å². The number of carbonyl (C=O) groups excluding carboxylic acids is 1. The highest BCUT2D eigenvalue weighted by Crippen LogP contribution is 2.41. The Balaban J connectivity index is 1.89. The van der Waals surface area contributed by atoms with E-state index in [9.17, 15) is 4.79 Å². The van der Waals surface area contributed by atoms with Gasteiger partial charge in [-0.15, -0.1) is 0 Å². The Labute approximate surface area is 138 Å². The maximum Gasteiger partial charge on any atom is 0.255 e. The van der Waals surface area contributed by atoms with E-state index in [1.165, 1.54) is 24.0 Å². The van der Waals surface area contributed by atoms with Crippen molar-refractivity contribution in [2.75, 3.05) is 5.32 Å². The van der Waals surface area contributed by atoms with Crippen LogP contribution in [0.5, 0.6) is 0 Å². The van der Waals surface area contributed by atoms with E-state index >= 15 is 0 Å². The number of carbonyl (C=O) groups is 1. The van der Waals surface area contributed by atoms with Crippen molar-refractivity contribution in [1.82, 2.24) is 4.98 Å². The Kier molecular flexibility index (Phi) is 3.97. The first-order valence-corrected chi connectivity index (χ1v) is 8.22. The van der Waals surface area contributed by atoms with Gasteiger partial charge in [0, 0.05) is 11.3 Å². The van der Waals surface area contributed by atoms with Crippen molar-refractivity contribution in [1.29, 1.82) is 0 Å². The molecule has 1 saturated carbocycles. The van der Waals surface area contributed by atoms with Gasteiger partial charge in [0.25, 0.3) is 5.91 Å². The van der Waals surface area contributed by atoms with Crippen LogP contribution in [0.2, 0.25) is 0 Å². The summed E-state index contributed by atoms with van der Waals surface area (Å²) in [5.41, 5.74) is 4.95. The minimum Gasteiger partial charge on any atom is -0.321 e. The highest BCUT2D eigenvalue weighted by molar-refractivity contribution is 6.04. The second kappa shape index (κ2) is 5.80. The highest BCUT2D eigenvalue weighted by atomic mass is 16.1. The summed E-state index contributed by atoms with van der Waals surface area (Å²) in [6, 6.07) is 10.1. The second-order valence-electron chi connectivity index (χ2n) is 7.51. The molecule has 1 aromatic carbocycles. The van der Waals surface area contributed by atoms with Crippen molar-refractivity contribution in [3.63, 3.8) is 0 Å². The van der Waals surface area contributed by atoms with Gasteiger partial charge in [-0.1, -0.05) is 26.8 Å². The topological polar surface area (TPSA) is 42.0 Å². The van der Waals surface area contributed by atoms with E-state index in [-0.39, 0.29) is 11.3 Å². The molecule has 1 heterocycles. The molecular formula is C20H24N2O. The van der Waals surface area contributed by atoms with E-state index in [2.05, 4.69) is 37.1 Å². The molecule has 1 amide bonds. The number of hydrogen-bond donors (Lipinski definition) is 1. The Morgan fingerprint density at radius 3 is 2.48 bits per heavy atom. The van der Waals surface area contributed by atoms with Crippen molar-refractivity contribution in [3.8, 4) is 0 Å². The smallest absolute Gasteiger partial charge is 0.255 e. The van der Waals surface area contributed by atoms with Crippen molar-refractivity contribution < 1.29 is 4.79 Å². The summed E-state index contributed by atoms with van der Waals surface area (Å²) in [6.07, 6.45) is 4.16. The number of nitrogens with zero attached hydrogens (tertiary/aromatic N) is 1. The molecule has 0 saturated heterocycles. The summed E-state index contributed by atoms with van der Waals surface area (Å²) in [5, 5.41) is 2.95. The van der Waals surface area contributed by atoms with Crippen LogP contribution in [0.15, 0.2) is 36.5 Å². The minimum atomic E-state index is -0.0661. The molecule has 1 aliphatic rings. The van der Waals surface area contributed by atoms with Gasteiger partial charge in [0.05, 0.1) is 11.9 Å². The van der Waals surface area contributed by atoms with Crippen LogP contribution >= 0.6 is 0 Å². The van der Waals surface area contributed by atoms with Gasteiger partial charge in [-0.25, -0.2) is 0 Å². The molecule has 3 heteroatoms. The van der Waals surface area contributed by atoms with Crippen molar-refractivity contribution >= 4 is 11.6 Å². The molecule has 3 rings (SSSR count). The second-order valence-corrected chi connectivity index (χ2v) is 7.51. The number of aromatic nitrogens is 1. The molecule has 3 nitrogen and oxygen atoms in total. The Morgan fingerprint density at radius 2 is 1.91 bits per heavy atom. The van der Waals surface area contributed by atoms with Crippen LogP contribution in [0.1, 0.15) is 66.7 Å². The maximum absolute atomic E-state index is 12.6. The zero-order valence-electron chi connectivity index (χ0n) is 14.3. The van der Waals surface area contributed by atoms with E-state index < -0.39 is 0 Å². The SMILES string of the molecule is Cc1ccc(NC(=O)c2cc(C3CC3)cc(C(C)(C)C)c2)cn1. The van der Waals surface area contributed by atoms with Gasteiger partial charge < -0.3 is 5.32 Å². The standard InChI is InChI=1S/C20H24N2O/c1-13-5-8-18(12-21-13)22-19(23)16-9-15(14-6-7-14)10-17(11-16)20(2,3)4/h5,8-12,14H,6-7H2,1-4H3,(H,22,23). The number of nitrogens with one attached hydrogen (secondary N) is 1. The van der Waals surface area contributed by atoms with Crippen molar-refractivity contribution in [2.45, 2.75) is 51.9 Å². The minimum absolute atomic E-state index is 0.0331. The zero-order valence-corrected chi connectivity index (χ0v) is 14.3. The molecule has 1 fully saturated rings. The summed E-state index contributed by atoms with van der Waals surface area (Å²) in [7, 11) is 0. The lowest BCUT2D eigenvalue weighted by atomic mass is 9.84. The number of hydrogen-bond acceptors (Lipinski definition) is 2. The lowest BCUT2D eigenvalue weighted by molar-refractivity contribution is 0.102. The summed E-state index contributed by atoms with van der Waals surface area (Å²) >= 11 is 0. The molecule has 2 aromatic rings. The normalized spacial score (nSPS) is 14.6. The number of aryl methyl sites for hydroxylation is 1. The molecule has 0 atom stereocenters. The average Bonchev–Trinajstić information content (AvgIpc) is 3.33. The fourth-order valence-electron chi connectivity index (χ4n) is 2.61. The molecule has 1 N–H and O–H groups in total. The first-order chi connectivity index (χ1) is 10.8. The number of rotatable bonds is 3. The van der Waals surface area contributed by atoms with Gasteiger partial charge in [0.15, 0.2) is 0 Å². The molecule has 1 aliphatic carbocycles. The van der Waals surface area contributed by atoms with Gasteiger partial charge in [-0.2, -0.15) is 0 Å². The molecule has 0 radical (unpaired) electrons. The van der Waals surface area contributed by atoms with Crippen LogP contribution in [0.4, 0.5) is 5.69 Å². The molecule has 0 aliphatic heterocycles. The third kappa shape index (κ3) is 3.79. The van der Waals surface area contributed by atoms with E-state index in [1.54, 1.807) is 6.20 Å². The average molecular weight is 308 g/mol. The first kappa shape index (κ1) is 15.7. The highest BCUT2D eigenvalue weighted by Gasteiger charge is 2.26. The molecule has 120 valence electrons. The summed E-state index contributed by atoms with van der Waals surface area (Å²) in [4.78, 5) is 16.9. The third-order valence-electron chi connectivity index (χ3n) is 4.30. The maximum atomic E-state index is 12.6. The lowest BCUT2D eigenvalue weighted by Crippen LogP contribution is -2.16. The number of benzene rings is 1. The molecule has 23 heavy (non-hydrogen) atoms. The Bertz CT molecular complexity index is 722. The van der Waals surface area contributed by atoms with Gasteiger partial charge in [0.1, 0.15) is 0 Å². The zero-order chi connectivity index (χ0) is 16.6. The third-order valence-corrected chi connectivity index (χ3v) is 4.30. The van der Waals surface area contributed by atoms with Crippen LogP contribution in [-0.2, 0) is 5.41 Å². The van der Waals surface area contributed by atoms with Crippen LogP contribution in [0.25, 0.3) is 0 Å². The number of pyridine rings is 1. The first-order valence-electron chi connectivity index (χ1n) is 8.22. The summed E-state index contributed by atoms with van der Waals surface area (Å²) < 4.78 is 0. The van der Waals surface area contributed by atoms with Crippen LogP contribution < -0.4 is 5.32 Å². The van der Waals surface area contributed by atoms with E-state index in [4.69, 9.17) is 0 Å². The predicted octanol–water partition coefficient (Wildman–Crippen LogP) is 4.82. The fourth-order valence-corrected chi connectivity index (χ4v) is 2.61. The van der Waals surface area contributed by atoms with Gasteiger partial charge in [-0.3, -0.25) is 9.78 Å². The van der Waals surface area contributed by atoms with Crippen molar-refractivity contribution in [3.05, 3.63) is 58.9 Å². The fraction of sp³-hybridized carbons (Fsp3) is 0.400. The predicted molar refractivity (Wildman–Crippen MR) is 94.0 cm³/mol. The Hall–Kier alpha value is -2.16. The van der Waals surface area contributed by atoms with Crippen LogP contribution in [0, 0.1) is 6.92 Å². The van der Waals surface area contributed by atoms with E-state index in [1.807, 2.05) is 31.2 Å². The Morgan fingerprint density at radius 1 is 1.17 bits per heavy atom. The van der Waals surface area contributed by atoms with Gasteiger partial charge in [-0.05, 0) is 66.5 Å². The molecule has 0 spiro atoms. The monoisotopic (exact) mass is 308 g/mol. The number of anilines is 1. The van der Waals surface area contributed by atoms with Gasteiger partial charge >= 0.3 is 0 Å². The van der Waals surface area contributed by atoms with E-state index in [0.29, 0.717) is 5.92 Å². The quantitative estimate of drug-likeness (QED) is 0.883. The molecule has 0 unspecified atom stereocenters. The largest absolute Gasteiger partial charge is 0.321 e. The van der Waals surface area contributed by atoms with E-state index in [0.717, 1.165) is 16.9 Å². The molecular weight excluding hydrogens is 284 g/mol. The molecule has 1 aromatic heterocycles. The van der Waals surface area contributed by atoms with Crippen LogP contribution in [0.3, 0.4) is 0 Å². The number of amides is 1. The van der Waals surface area contributed by atoms with Gasteiger partial charge in [0.2, 0.25) is 0 Å². The summed E-state index contributed by atoms with van der Waals surface area (Å²) in [6.45, 7) is 8.49. The lowest BCUT2D eigenvalue weighted by Gasteiger charge is -2.21.